The molecule has 0 N–H and O–H groups in total. The average molecular weight is 287 g/mol. The van der Waals surface area contributed by atoms with Crippen LogP contribution >= 0.6 is 0 Å². The first-order chi connectivity index (χ1) is 10.8. The van der Waals surface area contributed by atoms with Crippen LogP contribution in [0.2, 0.25) is 0 Å². The second-order valence-corrected chi connectivity index (χ2v) is 5.18. The highest BCUT2D eigenvalue weighted by molar-refractivity contribution is 5.75. The zero-order valence-electron chi connectivity index (χ0n) is 11.8. The molecule has 0 bridgehead atoms. The summed E-state index contributed by atoms with van der Waals surface area (Å²) in [5, 5.41) is 0.542. The minimum atomic E-state index is -0.0839. The predicted molar refractivity (Wildman–Crippen MR) is 86.0 cm³/mol. The minimum absolute atomic E-state index is 0.0839. The van der Waals surface area contributed by atoms with Crippen molar-refractivity contribution >= 4 is 16.7 Å². The highest BCUT2D eigenvalue weighted by atomic mass is 16.1. The van der Waals surface area contributed by atoms with Gasteiger partial charge in [-0.25, -0.2) is 9.97 Å². The monoisotopic (exact) mass is 287 g/mol. The first-order valence-corrected chi connectivity index (χ1v) is 7.12. The number of hydrogen-bond donors (Lipinski definition) is 0. The van der Waals surface area contributed by atoms with Gasteiger partial charge in [0, 0.05) is 18.3 Å². The summed E-state index contributed by atoms with van der Waals surface area (Å²) in [5.41, 5.74) is 3.13. The van der Waals surface area contributed by atoms with Crippen LogP contribution in [0.15, 0.2) is 71.7 Å². The zero-order valence-corrected chi connectivity index (χ0v) is 11.8. The number of fused-ring (bicyclic) bond motifs is 2. The Kier molecular flexibility index (Phi) is 2.93. The third-order valence-electron chi connectivity index (χ3n) is 3.67. The van der Waals surface area contributed by atoms with E-state index in [0.29, 0.717) is 16.7 Å². The van der Waals surface area contributed by atoms with Gasteiger partial charge in [-0.3, -0.25) is 9.20 Å². The molecule has 22 heavy (non-hydrogen) atoms. The Morgan fingerprint density at radius 3 is 2.55 bits per heavy atom. The molecule has 0 fully saturated rings. The summed E-state index contributed by atoms with van der Waals surface area (Å²) in [5.74, 6) is 0. The van der Waals surface area contributed by atoms with Crippen LogP contribution in [0.25, 0.3) is 16.7 Å². The number of aromatic nitrogens is 3. The fourth-order valence-corrected chi connectivity index (χ4v) is 2.58. The van der Waals surface area contributed by atoms with Crippen LogP contribution in [0.5, 0.6) is 0 Å². The molecule has 0 aliphatic rings. The van der Waals surface area contributed by atoms with Crippen LogP contribution in [0.4, 0.5) is 0 Å². The Morgan fingerprint density at radius 2 is 1.68 bits per heavy atom. The summed E-state index contributed by atoms with van der Waals surface area (Å²) in [6, 6.07) is 19.3. The molecule has 0 aliphatic heterocycles. The van der Waals surface area contributed by atoms with Gasteiger partial charge in [-0.1, -0.05) is 36.4 Å². The van der Waals surface area contributed by atoms with Crippen molar-refractivity contribution in [2.45, 2.75) is 6.42 Å². The van der Waals surface area contributed by atoms with Crippen LogP contribution < -0.4 is 5.56 Å². The van der Waals surface area contributed by atoms with Crippen molar-refractivity contribution < 1.29 is 0 Å². The van der Waals surface area contributed by atoms with Crippen molar-refractivity contribution in [2.24, 2.45) is 0 Å². The standard InChI is InChI=1S/C18H13N3O/c22-18-15-10-9-14(12-13-6-2-1-3-7-13)19-17(15)20-16-8-4-5-11-21(16)18/h1-11H,12H2. The Balaban J connectivity index is 1.87. The summed E-state index contributed by atoms with van der Waals surface area (Å²) >= 11 is 0. The molecule has 4 nitrogen and oxygen atoms in total. The smallest absolute Gasteiger partial charge is 0.267 e. The van der Waals surface area contributed by atoms with Crippen molar-refractivity contribution in [3.8, 4) is 0 Å². The largest absolute Gasteiger partial charge is 0.268 e. The van der Waals surface area contributed by atoms with E-state index in [9.17, 15) is 4.79 Å². The Labute approximate surface area is 126 Å². The summed E-state index contributed by atoms with van der Waals surface area (Å²) in [7, 11) is 0. The van der Waals surface area contributed by atoms with Gasteiger partial charge >= 0.3 is 0 Å². The maximum Gasteiger partial charge on any atom is 0.267 e. The maximum atomic E-state index is 12.4. The van der Waals surface area contributed by atoms with Gasteiger partial charge in [0.25, 0.3) is 5.56 Å². The van der Waals surface area contributed by atoms with Crippen molar-refractivity contribution in [3.05, 3.63) is 88.5 Å². The molecule has 4 rings (SSSR count). The average Bonchev–Trinajstić information content (AvgIpc) is 2.56. The molecule has 0 amide bonds. The number of hydrogen-bond acceptors (Lipinski definition) is 3. The lowest BCUT2D eigenvalue weighted by atomic mass is 10.1. The maximum absolute atomic E-state index is 12.4. The molecule has 1 aromatic carbocycles. The first kappa shape index (κ1) is 12.7. The second kappa shape index (κ2) is 5.07. The zero-order chi connectivity index (χ0) is 14.9. The van der Waals surface area contributed by atoms with Crippen molar-refractivity contribution in [3.63, 3.8) is 0 Å². The molecule has 4 aromatic rings. The molecule has 4 heteroatoms. The van der Waals surface area contributed by atoms with Crippen LogP contribution in [-0.4, -0.2) is 14.4 Å². The van der Waals surface area contributed by atoms with Crippen molar-refractivity contribution in [2.75, 3.05) is 0 Å². The third kappa shape index (κ3) is 2.15. The summed E-state index contributed by atoms with van der Waals surface area (Å²) in [4.78, 5) is 21.5. The molecule has 0 radical (unpaired) electrons. The van der Waals surface area contributed by atoms with Crippen molar-refractivity contribution in [1.82, 2.24) is 14.4 Å². The van der Waals surface area contributed by atoms with E-state index >= 15 is 0 Å². The Bertz CT molecular complexity index is 1020. The number of rotatable bonds is 2. The first-order valence-electron chi connectivity index (χ1n) is 7.12. The van der Waals surface area contributed by atoms with Crippen LogP contribution in [-0.2, 0) is 6.42 Å². The SMILES string of the molecule is O=c1c2ccc(Cc3ccccc3)nc2nc2ccccn12. The molecule has 0 atom stereocenters. The van der Waals surface area contributed by atoms with E-state index < -0.39 is 0 Å². The Morgan fingerprint density at radius 1 is 0.864 bits per heavy atom. The minimum Gasteiger partial charge on any atom is -0.268 e. The molecule has 0 aliphatic carbocycles. The Hall–Kier alpha value is -3.01. The molecule has 106 valence electrons. The number of pyridine rings is 2. The van der Waals surface area contributed by atoms with E-state index in [4.69, 9.17) is 0 Å². The van der Waals surface area contributed by atoms with Gasteiger partial charge in [-0.15, -0.1) is 0 Å². The molecule has 0 unspecified atom stereocenters. The lowest BCUT2D eigenvalue weighted by molar-refractivity contribution is 1.04. The lowest BCUT2D eigenvalue weighted by Crippen LogP contribution is -2.15. The normalized spacial score (nSPS) is 11.1. The van der Waals surface area contributed by atoms with E-state index in [1.165, 1.54) is 5.56 Å². The molecule has 0 saturated heterocycles. The summed E-state index contributed by atoms with van der Waals surface area (Å²) in [6.07, 6.45) is 2.45. The van der Waals surface area contributed by atoms with Gasteiger partial charge in [0.05, 0.1) is 5.39 Å². The number of benzene rings is 1. The van der Waals surface area contributed by atoms with Gasteiger partial charge in [-0.05, 0) is 29.8 Å². The van der Waals surface area contributed by atoms with E-state index in [0.717, 1.165) is 12.1 Å². The van der Waals surface area contributed by atoms with E-state index in [2.05, 4.69) is 22.1 Å². The molecule has 0 saturated carbocycles. The quantitative estimate of drug-likeness (QED) is 0.533. The highest BCUT2D eigenvalue weighted by Gasteiger charge is 2.07. The topological polar surface area (TPSA) is 47.3 Å². The summed E-state index contributed by atoms with van der Waals surface area (Å²) < 4.78 is 1.54. The van der Waals surface area contributed by atoms with Gasteiger partial charge in [0.15, 0.2) is 5.65 Å². The van der Waals surface area contributed by atoms with E-state index in [1.807, 2.05) is 48.5 Å². The van der Waals surface area contributed by atoms with Gasteiger partial charge in [0.2, 0.25) is 0 Å². The predicted octanol–water partition coefficient (Wildman–Crippen LogP) is 2.83. The fourth-order valence-electron chi connectivity index (χ4n) is 2.58. The van der Waals surface area contributed by atoms with Crippen LogP contribution in [0.1, 0.15) is 11.3 Å². The molecule has 3 heterocycles. The molecule has 0 spiro atoms. The van der Waals surface area contributed by atoms with Gasteiger partial charge < -0.3 is 0 Å². The van der Waals surface area contributed by atoms with E-state index in [1.54, 1.807) is 10.6 Å². The number of nitrogens with zero attached hydrogens (tertiary/aromatic N) is 3. The molecule has 3 aromatic heterocycles. The van der Waals surface area contributed by atoms with Gasteiger partial charge in [-0.2, -0.15) is 0 Å². The van der Waals surface area contributed by atoms with Gasteiger partial charge in [0.1, 0.15) is 5.65 Å². The lowest BCUT2D eigenvalue weighted by Gasteiger charge is -2.05. The fraction of sp³-hybridized carbons (Fsp3) is 0.0556. The summed E-state index contributed by atoms with van der Waals surface area (Å²) in [6.45, 7) is 0. The molecular weight excluding hydrogens is 274 g/mol. The third-order valence-corrected chi connectivity index (χ3v) is 3.67. The van der Waals surface area contributed by atoms with Crippen LogP contribution in [0, 0.1) is 0 Å². The van der Waals surface area contributed by atoms with E-state index in [-0.39, 0.29) is 5.56 Å². The van der Waals surface area contributed by atoms with Crippen LogP contribution in [0.3, 0.4) is 0 Å². The van der Waals surface area contributed by atoms with Crippen molar-refractivity contribution in [1.29, 1.82) is 0 Å². The molecular formula is C18H13N3O. The highest BCUT2D eigenvalue weighted by Crippen LogP contribution is 2.12. The second-order valence-electron chi connectivity index (χ2n) is 5.18.